The lowest BCUT2D eigenvalue weighted by Crippen LogP contribution is -2.34. The van der Waals surface area contributed by atoms with Crippen molar-refractivity contribution in [1.29, 1.82) is 0 Å². The Bertz CT molecular complexity index is 786. The Morgan fingerprint density at radius 1 is 1.27 bits per heavy atom. The number of benzene rings is 1. The summed E-state index contributed by atoms with van der Waals surface area (Å²) in [6, 6.07) is 9.18. The van der Waals surface area contributed by atoms with E-state index in [-0.39, 0.29) is 18.4 Å². The van der Waals surface area contributed by atoms with Crippen LogP contribution in [0.15, 0.2) is 35.7 Å². The zero-order chi connectivity index (χ0) is 18.5. The lowest BCUT2D eigenvalue weighted by molar-refractivity contribution is -0.121. The lowest BCUT2D eigenvalue weighted by atomic mass is 10.0. The number of fused-ring (bicyclic) bond motifs is 1. The number of carbonyl (C=O) groups is 2. The molecule has 3 rings (SSSR count). The Morgan fingerprint density at radius 3 is 2.85 bits per heavy atom. The quantitative estimate of drug-likeness (QED) is 0.719. The zero-order valence-electron chi connectivity index (χ0n) is 15.1. The molecule has 1 unspecified atom stereocenters. The van der Waals surface area contributed by atoms with Crippen LogP contribution in [0.25, 0.3) is 0 Å². The zero-order valence-corrected chi connectivity index (χ0v) is 15.9. The summed E-state index contributed by atoms with van der Waals surface area (Å²) < 4.78 is 11.0. The molecule has 26 heavy (non-hydrogen) atoms. The summed E-state index contributed by atoms with van der Waals surface area (Å²) in [4.78, 5) is 28.0. The van der Waals surface area contributed by atoms with Crippen molar-refractivity contribution in [3.63, 3.8) is 0 Å². The maximum atomic E-state index is 13.0. The van der Waals surface area contributed by atoms with Gasteiger partial charge in [-0.15, -0.1) is 11.3 Å². The second kappa shape index (κ2) is 8.47. The maximum absolute atomic E-state index is 13.0. The minimum Gasteiger partial charge on any atom is -0.462 e. The number of para-hydroxylation sites is 1. The van der Waals surface area contributed by atoms with E-state index < -0.39 is 5.97 Å². The molecule has 0 saturated carbocycles. The normalized spacial score (nSPS) is 16.0. The molecule has 1 aromatic carbocycles. The van der Waals surface area contributed by atoms with Gasteiger partial charge in [0.2, 0.25) is 5.91 Å². The maximum Gasteiger partial charge on any atom is 0.340 e. The monoisotopic (exact) mass is 373 g/mol. The molecule has 1 amide bonds. The predicted molar refractivity (Wildman–Crippen MR) is 102 cm³/mol. The fourth-order valence-corrected chi connectivity index (χ4v) is 4.22. The van der Waals surface area contributed by atoms with Crippen LogP contribution < -0.4 is 4.90 Å². The topological polar surface area (TPSA) is 55.8 Å². The van der Waals surface area contributed by atoms with Crippen molar-refractivity contribution in [2.75, 3.05) is 24.7 Å². The highest BCUT2D eigenvalue weighted by atomic mass is 32.1. The Labute approximate surface area is 157 Å². The van der Waals surface area contributed by atoms with E-state index >= 15 is 0 Å². The summed E-state index contributed by atoms with van der Waals surface area (Å²) in [6.45, 7) is 5.07. The van der Waals surface area contributed by atoms with Crippen molar-refractivity contribution in [3.8, 4) is 0 Å². The van der Waals surface area contributed by atoms with Gasteiger partial charge in [0.05, 0.1) is 30.9 Å². The number of hydrogen-bond donors (Lipinski definition) is 0. The highest BCUT2D eigenvalue weighted by molar-refractivity contribution is 7.10. The number of ether oxygens (including phenoxy) is 2. The molecule has 2 heterocycles. The molecule has 2 aromatic rings. The van der Waals surface area contributed by atoms with Crippen LogP contribution in [0.3, 0.4) is 0 Å². The highest BCUT2D eigenvalue weighted by Gasteiger charge is 2.28. The lowest BCUT2D eigenvalue weighted by Gasteiger charge is -2.27. The van der Waals surface area contributed by atoms with Crippen molar-refractivity contribution in [2.24, 2.45) is 0 Å². The fourth-order valence-electron chi connectivity index (χ4n) is 3.22. The Morgan fingerprint density at radius 2 is 2.08 bits per heavy atom. The van der Waals surface area contributed by atoms with Crippen LogP contribution >= 0.6 is 11.3 Å². The van der Waals surface area contributed by atoms with Gasteiger partial charge in [-0.25, -0.2) is 4.79 Å². The standard InChI is InChI=1S/C20H23NO4S/c1-3-21(16-8-6-5-7-15(16)20(23)24-4-2)18(22)13-17-19-14(9-11-25-17)10-12-26-19/h5-8,10,12,17H,3-4,9,11,13H2,1-2H3. The van der Waals surface area contributed by atoms with Gasteiger partial charge in [-0.1, -0.05) is 12.1 Å². The smallest absolute Gasteiger partial charge is 0.340 e. The Balaban J connectivity index is 1.82. The molecule has 0 fully saturated rings. The van der Waals surface area contributed by atoms with Crippen molar-refractivity contribution in [1.82, 2.24) is 0 Å². The van der Waals surface area contributed by atoms with Crippen LogP contribution in [0.4, 0.5) is 5.69 Å². The van der Waals surface area contributed by atoms with E-state index in [9.17, 15) is 9.59 Å². The molecule has 0 radical (unpaired) electrons. The van der Waals surface area contributed by atoms with Crippen molar-refractivity contribution in [3.05, 3.63) is 51.7 Å². The van der Waals surface area contributed by atoms with Gasteiger partial charge in [-0.05, 0) is 49.4 Å². The average Bonchev–Trinajstić information content (AvgIpc) is 3.13. The molecule has 1 aliphatic heterocycles. The predicted octanol–water partition coefficient (Wildman–Crippen LogP) is 3.98. The second-order valence-corrected chi connectivity index (χ2v) is 6.95. The molecule has 0 N–H and O–H groups in total. The summed E-state index contributed by atoms with van der Waals surface area (Å²) in [5.41, 5.74) is 2.26. The molecule has 6 heteroatoms. The minimum atomic E-state index is -0.413. The number of carbonyl (C=O) groups excluding carboxylic acids is 2. The van der Waals surface area contributed by atoms with E-state index in [2.05, 4.69) is 6.07 Å². The first-order valence-electron chi connectivity index (χ1n) is 8.90. The molecule has 0 saturated heterocycles. The Hall–Kier alpha value is -2.18. The first-order chi connectivity index (χ1) is 12.7. The number of amides is 1. The van der Waals surface area contributed by atoms with Crippen molar-refractivity contribution in [2.45, 2.75) is 32.8 Å². The van der Waals surface area contributed by atoms with Crippen LogP contribution in [-0.2, 0) is 20.7 Å². The molecule has 5 nitrogen and oxygen atoms in total. The highest BCUT2D eigenvalue weighted by Crippen LogP contribution is 2.35. The number of hydrogen-bond acceptors (Lipinski definition) is 5. The van der Waals surface area contributed by atoms with E-state index in [0.29, 0.717) is 31.0 Å². The van der Waals surface area contributed by atoms with Gasteiger partial charge in [0, 0.05) is 11.4 Å². The van der Waals surface area contributed by atoms with Gasteiger partial charge in [0.15, 0.2) is 0 Å². The van der Waals surface area contributed by atoms with Crippen LogP contribution in [0.5, 0.6) is 0 Å². The van der Waals surface area contributed by atoms with E-state index in [1.54, 1.807) is 41.4 Å². The third-order valence-electron chi connectivity index (χ3n) is 4.43. The van der Waals surface area contributed by atoms with Crippen LogP contribution in [0, 0.1) is 0 Å². The molecular formula is C20H23NO4S. The third-order valence-corrected chi connectivity index (χ3v) is 5.48. The summed E-state index contributed by atoms with van der Waals surface area (Å²) >= 11 is 1.64. The van der Waals surface area contributed by atoms with Crippen LogP contribution in [0.1, 0.15) is 47.2 Å². The van der Waals surface area contributed by atoms with E-state index in [1.807, 2.05) is 18.4 Å². The molecular weight excluding hydrogens is 350 g/mol. The molecule has 0 bridgehead atoms. The van der Waals surface area contributed by atoms with Crippen LogP contribution in [0.2, 0.25) is 0 Å². The number of rotatable bonds is 6. The molecule has 1 aromatic heterocycles. The summed E-state index contributed by atoms with van der Waals surface area (Å²) in [5.74, 6) is -0.473. The number of anilines is 1. The molecule has 1 aliphatic rings. The average molecular weight is 373 g/mol. The van der Waals surface area contributed by atoms with Crippen molar-refractivity contribution < 1.29 is 19.1 Å². The largest absolute Gasteiger partial charge is 0.462 e. The number of esters is 1. The fraction of sp³-hybridized carbons (Fsp3) is 0.400. The van der Waals surface area contributed by atoms with Crippen molar-refractivity contribution >= 4 is 28.9 Å². The van der Waals surface area contributed by atoms with E-state index in [1.165, 1.54) is 5.56 Å². The first-order valence-corrected chi connectivity index (χ1v) is 9.78. The van der Waals surface area contributed by atoms with Gasteiger partial charge in [-0.2, -0.15) is 0 Å². The van der Waals surface area contributed by atoms with E-state index in [4.69, 9.17) is 9.47 Å². The first kappa shape index (κ1) is 18.6. The number of thiophene rings is 1. The number of nitrogens with zero attached hydrogens (tertiary/aromatic N) is 1. The summed E-state index contributed by atoms with van der Waals surface area (Å²) in [5, 5.41) is 2.05. The second-order valence-electron chi connectivity index (χ2n) is 6.00. The SMILES string of the molecule is CCOC(=O)c1ccccc1N(CC)C(=O)CC1OCCc2ccsc21. The summed E-state index contributed by atoms with van der Waals surface area (Å²) in [7, 11) is 0. The Kier molecular flexibility index (Phi) is 6.06. The van der Waals surface area contributed by atoms with Gasteiger partial charge in [0.25, 0.3) is 0 Å². The van der Waals surface area contributed by atoms with Gasteiger partial charge in [-0.3, -0.25) is 4.79 Å². The van der Waals surface area contributed by atoms with Crippen LogP contribution in [-0.4, -0.2) is 31.6 Å². The molecule has 0 spiro atoms. The van der Waals surface area contributed by atoms with E-state index in [0.717, 1.165) is 11.3 Å². The molecule has 1 atom stereocenters. The third kappa shape index (κ3) is 3.81. The van der Waals surface area contributed by atoms with Gasteiger partial charge in [0.1, 0.15) is 6.10 Å². The molecule has 138 valence electrons. The summed E-state index contributed by atoms with van der Waals surface area (Å²) in [6.07, 6.45) is 0.945. The minimum absolute atomic E-state index is 0.0597. The van der Waals surface area contributed by atoms with Gasteiger partial charge < -0.3 is 14.4 Å². The van der Waals surface area contributed by atoms with Gasteiger partial charge >= 0.3 is 5.97 Å². The molecule has 0 aliphatic carbocycles.